The Labute approximate surface area is 139 Å². The minimum Gasteiger partial charge on any atom is -0.494 e. The van der Waals surface area contributed by atoms with Crippen LogP contribution in [0, 0.1) is 5.82 Å². The molecule has 22 heavy (non-hydrogen) atoms. The first-order valence-electron chi connectivity index (χ1n) is 8.05. The van der Waals surface area contributed by atoms with E-state index in [1.807, 2.05) is 12.1 Å². The molecule has 0 unspecified atom stereocenters. The lowest BCUT2D eigenvalue weighted by molar-refractivity contribution is 0.159. The van der Waals surface area contributed by atoms with E-state index in [2.05, 4.69) is 17.1 Å². The van der Waals surface area contributed by atoms with Crippen molar-refractivity contribution in [2.75, 3.05) is 33.3 Å². The lowest BCUT2D eigenvalue weighted by Crippen LogP contribution is -2.45. The summed E-state index contributed by atoms with van der Waals surface area (Å²) < 4.78 is 19.8. The van der Waals surface area contributed by atoms with E-state index >= 15 is 0 Å². The molecule has 0 aliphatic carbocycles. The number of nitrogens with one attached hydrogen (secondary N) is 1. The molecule has 0 bridgehead atoms. The van der Waals surface area contributed by atoms with Gasteiger partial charge in [-0.3, -0.25) is 4.90 Å². The summed E-state index contributed by atoms with van der Waals surface area (Å²) in [5, 5.41) is 3.37. The molecule has 1 N–H and O–H groups in total. The number of unbranched alkanes of at least 4 members (excludes halogenated alkanes) is 2. The molecule has 3 nitrogen and oxygen atoms in total. The van der Waals surface area contributed by atoms with Gasteiger partial charge >= 0.3 is 0 Å². The van der Waals surface area contributed by atoms with Crippen molar-refractivity contribution in [1.29, 1.82) is 0 Å². The molecule has 1 aromatic carbocycles. The number of piperazine rings is 1. The van der Waals surface area contributed by atoms with Crippen LogP contribution < -0.4 is 10.1 Å². The van der Waals surface area contributed by atoms with Crippen molar-refractivity contribution in [3.05, 3.63) is 29.6 Å². The van der Waals surface area contributed by atoms with Gasteiger partial charge in [-0.05, 0) is 12.5 Å². The first-order chi connectivity index (χ1) is 10.3. The molecule has 1 aromatic rings. The zero-order valence-corrected chi connectivity index (χ0v) is 14.4. The molecule has 0 radical (unpaired) electrons. The highest BCUT2D eigenvalue weighted by Crippen LogP contribution is 2.32. The smallest absolute Gasteiger partial charge is 0.169 e. The van der Waals surface area contributed by atoms with Crippen LogP contribution in [0.5, 0.6) is 5.75 Å². The lowest BCUT2D eigenvalue weighted by Gasteiger charge is -2.35. The highest BCUT2D eigenvalue weighted by molar-refractivity contribution is 5.85. The highest BCUT2D eigenvalue weighted by atomic mass is 35.5. The van der Waals surface area contributed by atoms with E-state index in [0.29, 0.717) is 5.75 Å². The maximum absolute atomic E-state index is 14.6. The average Bonchev–Trinajstić information content (AvgIpc) is 2.53. The fraction of sp³-hybridized carbons (Fsp3) is 0.647. The minimum absolute atomic E-state index is 0. The summed E-state index contributed by atoms with van der Waals surface area (Å²) in [5.74, 6) is 0.156. The molecule has 1 fully saturated rings. The zero-order valence-electron chi connectivity index (χ0n) is 13.6. The molecule has 0 amide bonds. The number of hydrogen-bond acceptors (Lipinski definition) is 3. The number of methoxy groups -OCH3 is 1. The molecular formula is C17H28ClFN2O. The minimum atomic E-state index is -0.194. The molecule has 1 aliphatic rings. The van der Waals surface area contributed by atoms with E-state index in [1.54, 1.807) is 6.07 Å². The Balaban J connectivity index is 0.00000242. The summed E-state index contributed by atoms with van der Waals surface area (Å²) in [7, 11) is 1.53. The van der Waals surface area contributed by atoms with Gasteiger partial charge in [-0.2, -0.15) is 0 Å². The largest absolute Gasteiger partial charge is 0.494 e. The first kappa shape index (κ1) is 19.2. The van der Waals surface area contributed by atoms with Gasteiger partial charge in [0, 0.05) is 37.8 Å². The summed E-state index contributed by atoms with van der Waals surface area (Å²) >= 11 is 0. The summed E-state index contributed by atoms with van der Waals surface area (Å²) in [6.45, 7) is 6.12. The normalized spacial score (nSPS) is 16.9. The van der Waals surface area contributed by atoms with E-state index in [-0.39, 0.29) is 24.3 Å². The standard InChI is InChI=1S/C17H27FN2O.ClH/c1-3-4-5-8-15(20-12-10-19-11-13-20)14-7-6-9-16(21-2)17(14)18;/h6-7,9,15,19H,3-5,8,10-13H2,1-2H3;1H/t15-;/m0./s1. The van der Waals surface area contributed by atoms with Crippen LogP contribution in [0.25, 0.3) is 0 Å². The fourth-order valence-corrected chi connectivity index (χ4v) is 3.06. The Bertz CT molecular complexity index is 439. The van der Waals surface area contributed by atoms with Crippen molar-refractivity contribution in [2.45, 2.75) is 38.6 Å². The molecule has 2 rings (SSSR count). The van der Waals surface area contributed by atoms with Crippen LogP contribution in [-0.4, -0.2) is 38.2 Å². The van der Waals surface area contributed by atoms with Gasteiger partial charge in [-0.25, -0.2) is 4.39 Å². The van der Waals surface area contributed by atoms with Crippen LogP contribution in [0.4, 0.5) is 4.39 Å². The van der Waals surface area contributed by atoms with Crippen LogP contribution in [-0.2, 0) is 0 Å². The van der Waals surface area contributed by atoms with E-state index in [4.69, 9.17) is 4.74 Å². The Morgan fingerprint density at radius 2 is 2.00 bits per heavy atom. The Morgan fingerprint density at radius 1 is 1.27 bits per heavy atom. The van der Waals surface area contributed by atoms with Gasteiger partial charge in [-0.15, -0.1) is 12.4 Å². The van der Waals surface area contributed by atoms with Gasteiger partial charge < -0.3 is 10.1 Å². The lowest BCUT2D eigenvalue weighted by atomic mass is 9.97. The van der Waals surface area contributed by atoms with Gasteiger partial charge in [0.05, 0.1) is 7.11 Å². The quantitative estimate of drug-likeness (QED) is 0.770. The molecule has 0 aromatic heterocycles. The number of hydrogen-bond donors (Lipinski definition) is 1. The predicted octanol–water partition coefficient (Wildman–Crippen LogP) is 3.78. The van der Waals surface area contributed by atoms with E-state index < -0.39 is 0 Å². The predicted molar refractivity (Wildman–Crippen MR) is 91.5 cm³/mol. The second-order valence-corrected chi connectivity index (χ2v) is 5.66. The summed E-state index contributed by atoms with van der Waals surface area (Å²) in [5.41, 5.74) is 0.785. The second-order valence-electron chi connectivity index (χ2n) is 5.66. The van der Waals surface area contributed by atoms with E-state index in [9.17, 15) is 4.39 Å². The van der Waals surface area contributed by atoms with Crippen molar-refractivity contribution < 1.29 is 9.13 Å². The van der Waals surface area contributed by atoms with Gasteiger partial charge in [0.1, 0.15) is 0 Å². The molecule has 1 atom stereocenters. The van der Waals surface area contributed by atoms with Crippen molar-refractivity contribution in [3.63, 3.8) is 0 Å². The van der Waals surface area contributed by atoms with Crippen molar-refractivity contribution in [2.24, 2.45) is 0 Å². The molecule has 1 saturated heterocycles. The third kappa shape index (κ3) is 4.83. The molecule has 0 spiro atoms. The number of rotatable bonds is 7. The summed E-state index contributed by atoms with van der Waals surface area (Å²) in [6.07, 6.45) is 4.54. The monoisotopic (exact) mass is 330 g/mol. The number of ether oxygens (including phenoxy) is 1. The van der Waals surface area contributed by atoms with Gasteiger partial charge in [0.25, 0.3) is 0 Å². The molecule has 5 heteroatoms. The third-order valence-corrected chi connectivity index (χ3v) is 4.25. The molecule has 1 heterocycles. The van der Waals surface area contributed by atoms with Gasteiger partial charge in [0.15, 0.2) is 11.6 Å². The highest BCUT2D eigenvalue weighted by Gasteiger charge is 2.25. The fourth-order valence-electron chi connectivity index (χ4n) is 3.06. The molecule has 126 valence electrons. The summed E-state index contributed by atoms with van der Waals surface area (Å²) in [6, 6.07) is 5.66. The Kier molecular flexibility index (Phi) is 8.76. The number of halogens is 2. The van der Waals surface area contributed by atoms with Crippen molar-refractivity contribution in [1.82, 2.24) is 10.2 Å². The van der Waals surface area contributed by atoms with Crippen molar-refractivity contribution in [3.8, 4) is 5.75 Å². The second kappa shape index (κ2) is 10.0. The van der Waals surface area contributed by atoms with Gasteiger partial charge in [0.2, 0.25) is 0 Å². The first-order valence-corrected chi connectivity index (χ1v) is 8.05. The van der Waals surface area contributed by atoms with Crippen LogP contribution in [0.3, 0.4) is 0 Å². The van der Waals surface area contributed by atoms with Crippen LogP contribution in [0.15, 0.2) is 18.2 Å². The SMILES string of the molecule is CCCCC[C@@H](c1cccc(OC)c1F)N1CCNCC1.Cl. The van der Waals surface area contributed by atoms with E-state index in [0.717, 1.165) is 44.6 Å². The maximum atomic E-state index is 14.6. The number of nitrogens with zero attached hydrogens (tertiary/aromatic N) is 1. The van der Waals surface area contributed by atoms with Crippen LogP contribution in [0.1, 0.15) is 44.2 Å². The zero-order chi connectivity index (χ0) is 15.1. The van der Waals surface area contributed by atoms with Crippen LogP contribution in [0.2, 0.25) is 0 Å². The van der Waals surface area contributed by atoms with Crippen LogP contribution >= 0.6 is 12.4 Å². The Hall–Kier alpha value is -0.840. The Morgan fingerprint density at radius 3 is 2.64 bits per heavy atom. The van der Waals surface area contributed by atoms with Gasteiger partial charge in [-0.1, -0.05) is 38.3 Å². The van der Waals surface area contributed by atoms with Crippen molar-refractivity contribution >= 4 is 12.4 Å². The maximum Gasteiger partial charge on any atom is 0.169 e. The third-order valence-electron chi connectivity index (χ3n) is 4.25. The topological polar surface area (TPSA) is 24.5 Å². The molecule has 0 saturated carbocycles. The summed E-state index contributed by atoms with van der Waals surface area (Å²) in [4.78, 5) is 2.41. The molecular weight excluding hydrogens is 303 g/mol. The number of benzene rings is 1. The molecule has 1 aliphatic heterocycles. The average molecular weight is 331 g/mol. The van der Waals surface area contributed by atoms with E-state index in [1.165, 1.54) is 20.0 Å².